The van der Waals surface area contributed by atoms with Gasteiger partial charge in [0.05, 0.1) is 25.8 Å². The Morgan fingerprint density at radius 3 is 2.47 bits per heavy atom. The smallest absolute Gasteiger partial charge is 0.322 e. The summed E-state index contributed by atoms with van der Waals surface area (Å²) in [4.78, 5) is 32.3. The molecule has 0 unspecified atom stereocenters. The summed E-state index contributed by atoms with van der Waals surface area (Å²) in [5.41, 5.74) is 1.38. The molecule has 0 radical (unpaired) electrons. The average molecular weight is 560 g/mol. The number of hydrogen-bond acceptors (Lipinski definition) is 5. The molecule has 1 N–H and O–H groups in total. The Hall–Kier alpha value is -3.30. The summed E-state index contributed by atoms with van der Waals surface area (Å²) in [6.07, 6.45) is 2.28. The van der Waals surface area contributed by atoms with Crippen molar-refractivity contribution in [3.8, 4) is 11.5 Å². The van der Waals surface area contributed by atoms with Crippen molar-refractivity contribution in [3.63, 3.8) is 0 Å². The van der Waals surface area contributed by atoms with Crippen molar-refractivity contribution in [2.75, 3.05) is 32.6 Å². The summed E-state index contributed by atoms with van der Waals surface area (Å²) < 4.78 is 24.3. The number of rotatable bonds is 11. The first kappa shape index (κ1) is 27.7. The number of benzene rings is 2. The lowest BCUT2D eigenvalue weighted by Crippen LogP contribution is -2.45. The zero-order valence-electron chi connectivity index (χ0n) is 21.6. The molecule has 0 spiro atoms. The number of carbonyl (C=O) groups is 2. The van der Waals surface area contributed by atoms with Crippen LogP contribution >= 0.6 is 22.9 Å². The molecule has 0 aliphatic heterocycles. The van der Waals surface area contributed by atoms with Crippen molar-refractivity contribution in [3.05, 3.63) is 74.7 Å². The predicted molar refractivity (Wildman–Crippen MR) is 148 cm³/mol. The molecule has 0 atom stereocenters. The molecule has 10 heteroatoms. The maximum absolute atomic E-state index is 13.6. The van der Waals surface area contributed by atoms with Gasteiger partial charge in [-0.3, -0.25) is 4.79 Å². The van der Waals surface area contributed by atoms with Gasteiger partial charge in [-0.15, -0.1) is 11.3 Å². The maximum atomic E-state index is 13.6. The van der Waals surface area contributed by atoms with E-state index in [9.17, 15) is 14.0 Å². The Morgan fingerprint density at radius 1 is 1.08 bits per heavy atom. The van der Waals surface area contributed by atoms with Gasteiger partial charge in [0, 0.05) is 28.0 Å². The van der Waals surface area contributed by atoms with E-state index in [-0.39, 0.29) is 23.5 Å². The summed E-state index contributed by atoms with van der Waals surface area (Å²) >= 11 is 7.51. The van der Waals surface area contributed by atoms with Crippen LogP contribution in [0.25, 0.3) is 0 Å². The van der Waals surface area contributed by atoms with E-state index in [1.165, 1.54) is 23.1 Å². The third kappa shape index (κ3) is 7.17. The first-order chi connectivity index (χ1) is 18.3. The Bertz CT molecular complexity index is 1300. The fourth-order valence-electron chi connectivity index (χ4n) is 4.12. The predicted octanol–water partition coefficient (Wildman–Crippen LogP) is 6.13. The third-order valence-electron chi connectivity index (χ3n) is 6.34. The molecule has 38 heavy (non-hydrogen) atoms. The largest absolute Gasteiger partial charge is 0.493 e. The third-order valence-corrected chi connectivity index (χ3v) is 7.61. The van der Waals surface area contributed by atoms with Crippen LogP contribution in [0.3, 0.4) is 0 Å². The van der Waals surface area contributed by atoms with E-state index in [0.29, 0.717) is 36.7 Å². The summed E-state index contributed by atoms with van der Waals surface area (Å²) in [5, 5.41) is 2.67. The van der Waals surface area contributed by atoms with Crippen LogP contribution in [0, 0.1) is 12.7 Å². The Kier molecular flexibility index (Phi) is 9.12. The van der Waals surface area contributed by atoms with Crippen LogP contribution in [0.1, 0.15) is 28.2 Å². The van der Waals surface area contributed by atoms with Gasteiger partial charge < -0.3 is 24.6 Å². The van der Waals surface area contributed by atoms with Gasteiger partial charge in [0.2, 0.25) is 5.91 Å². The molecule has 7 nitrogen and oxygen atoms in total. The van der Waals surface area contributed by atoms with Gasteiger partial charge in [-0.1, -0.05) is 17.7 Å². The van der Waals surface area contributed by atoms with Crippen molar-refractivity contribution in [2.24, 2.45) is 0 Å². The first-order valence-electron chi connectivity index (χ1n) is 12.3. The van der Waals surface area contributed by atoms with Crippen molar-refractivity contribution >= 4 is 40.6 Å². The van der Waals surface area contributed by atoms with Gasteiger partial charge in [0.15, 0.2) is 11.5 Å². The lowest BCUT2D eigenvalue weighted by Gasteiger charge is -2.28. The molecule has 1 heterocycles. The molecule has 202 valence electrons. The second-order valence-electron chi connectivity index (χ2n) is 9.19. The minimum Gasteiger partial charge on any atom is -0.493 e. The maximum Gasteiger partial charge on any atom is 0.322 e. The van der Waals surface area contributed by atoms with E-state index in [2.05, 4.69) is 5.32 Å². The van der Waals surface area contributed by atoms with Gasteiger partial charge in [-0.05, 0) is 74.2 Å². The molecule has 2 aromatic carbocycles. The highest BCUT2D eigenvalue weighted by molar-refractivity contribution is 7.11. The van der Waals surface area contributed by atoms with Crippen molar-refractivity contribution in [1.82, 2.24) is 9.80 Å². The fourth-order valence-corrected chi connectivity index (χ4v) is 5.20. The van der Waals surface area contributed by atoms with Crippen LogP contribution in [0.4, 0.5) is 14.9 Å². The summed E-state index contributed by atoms with van der Waals surface area (Å²) in [6, 6.07) is 13.4. The molecule has 3 amide bonds. The lowest BCUT2D eigenvalue weighted by atomic mass is 10.1. The number of methoxy groups -OCH3 is 2. The van der Waals surface area contributed by atoms with Crippen LogP contribution in [0.2, 0.25) is 5.02 Å². The Balaban J connectivity index is 1.47. The lowest BCUT2D eigenvalue weighted by molar-refractivity contribution is -0.132. The average Bonchev–Trinajstić information content (AvgIpc) is 3.67. The first-order valence-corrected chi connectivity index (χ1v) is 13.5. The van der Waals surface area contributed by atoms with Gasteiger partial charge in [0.1, 0.15) is 12.4 Å². The number of carbonyl (C=O) groups excluding carboxylic acids is 2. The fraction of sp³-hybridized carbons (Fsp3) is 0.357. The molecule has 1 aliphatic rings. The number of anilines is 1. The zero-order chi connectivity index (χ0) is 27.2. The van der Waals surface area contributed by atoms with E-state index in [1.807, 2.05) is 37.3 Å². The molecule has 4 rings (SSSR count). The highest BCUT2D eigenvalue weighted by Gasteiger charge is 2.35. The number of thiophene rings is 1. The summed E-state index contributed by atoms with van der Waals surface area (Å²) in [5.74, 6) is 0.574. The van der Waals surface area contributed by atoms with E-state index < -0.39 is 11.8 Å². The minimum absolute atomic E-state index is 0.00782. The number of nitrogens with zero attached hydrogens (tertiary/aromatic N) is 2. The summed E-state index contributed by atoms with van der Waals surface area (Å²) in [6.45, 7) is 2.91. The number of urea groups is 1. The van der Waals surface area contributed by atoms with Crippen LogP contribution < -0.4 is 14.8 Å². The van der Waals surface area contributed by atoms with E-state index >= 15 is 0 Å². The minimum atomic E-state index is -0.562. The quantitative estimate of drug-likeness (QED) is 0.306. The van der Waals surface area contributed by atoms with Gasteiger partial charge in [-0.25, -0.2) is 9.18 Å². The van der Waals surface area contributed by atoms with Gasteiger partial charge >= 0.3 is 6.03 Å². The van der Waals surface area contributed by atoms with E-state index in [4.69, 9.17) is 21.1 Å². The molecular weight excluding hydrogens is 529 g/mol. The van der Waals surface area contributed by atoms with Crippen LogP contribution in [-0.4, -0.2) is 55.1 Å². The number of aryl methyl sites for hydroxylation is 1. The highest BCUT2D eigenvalue weighted by atomic mass is 35.5. The van der Waals surface area contributed by atoms with Gasteiger partial charge in [-0.2, -0.15) is 0 Å². The number of halogens is 2. The number of ether oxygens (including phenoxy) is 2. The van der Waals surface area contributed by atoms with Crippen LogP contribution in [0.5, 0.6) is 11.5 Å². The molecule has 1 fully saturated rings. The monoisotopic (exact) mass is 559 g/mol. The normalized spacial score (nSPS) is 12.7. The Labute approximate surface area is 231 Å². The van der Waals surface area contributed by atoms with Crippen molar-refractivity contribution in [1.29, 1.82) is 0 Å². The van der Waals surface area contributed by atoms with Gasteiger partial charge in [0.25, 0.3) is 0 Å². The molecule has 1 saturated carbocycles. The highest BCUT2D eigenvalue weighted by Crippen LogP contribution is 2.30. The SMILES string of the molecule is COc1ccc(CCN(Cc2ccc(C)s2)C(=O)CN(C(=O)Nc2ccc(F)c(Cl)c2)C2CC2)cc1OC. The number of hydrogen-bond donors (Lipinski definition) is 1. The van der Waals surface area contributed by atoms with E-state index in [0.717, 1.165) is 23.3 Å². The molecule has 3 aromatic rings. The second-order valence-corrected chi connectivity index (χ2v) is 11.0. The molecule has 1 aromatic heterocycles. The molecule has 0 saturated heterocycles. The summed E-state index contributed by atoms with van der Waals surface area (Å²) in [7, 11) is 3.18. The van der Waals surface area contributed by atoms with Crippen LogP contribution in [-0.2, 0) is 17.8 Å². The molecular formula is C28H31ClFN3O4S. The van der Waals surface area contributed by atoms with Crippen molar-refractivity contribution < 1.29 is 23.5 Å². The number of amides is 3. The molecule has 0 bridgehead atoms. The standard InChI is InChI=1S/C28H31ClFN3O4S/c1-18-4-9-22(38-18)16-32(13-12-19-5-11-25(36-2)26(14-19)37-3)27(34)17-33(21-7-8-21)28(35)31-20-6-10-24(30)23(29)15-20/h4-6,9-11,14-15,21H,7-8,12-13,16-17H2,1-3H3,(H,31,35). The zero-order valence-corrected chi connectivity index (χ0v) is 23.2. The molecule has 1 aliphatic carbocycles. The number of nitrogens with one attached hydrogen (secondary N) is 1. The van der Waals surface area contributed by atoms with E-state index in [1.54, 1.807) is 35.4 Å². The second kappa shape index (κ2) is 12.5. The Morgan fingerprint density at radius 2 is 1.84 bits per heavy atom. The van der Waals surface area contributed by atoms with Crippen LogP contribution in [0.15, 0.2) is 48.5 Å². The topological polar surface area (TPSA) is 71.1 Å². The van der Waals surface area contributed by atoms with Crippen molar-refractivity contribution in [2.45, 2.75) is 38.8 Å².